The molecule has 4 aromatic carbocycles. The molecule has 1 N–H and O–H groups in total. The summed E-state index contributed by atoms with van der Waals surface area (Å²) in [6.45, 7) is 1.89. The van der Waals surface area contributed by atoms with Crippen LogP contribution in [0.1, 0.15) is 15.9 Å². The van der Waals surface area contributed by atoms with Gasteiger partial charge < -0.3 is 10.1 Å². The van der Waals surface area contributed by atoms with Crippen molar-refractivity contribution in [2.75, 3.05) is 16.7 Å². The Labute approximate surface area is 209 Å². The van der Waals surface area contributed by atoms with Gasteiger partial charge >= 0.3 is 0 Å². The molecule has 35 heavy (non-hydrogen) atoms. The summed E-state index contributed by atoms with van der Waals surface area (Å²) in [7, 11) is -2.25. The molecule has 4 rings (SSSR count). The van der Waals surface area contributed by atoms with Gasteiger partial charge in [-0.3, -0.25) is 9.10 Å². The molecule has 0 aliphatic carbocycles. The maximum Gasteiger partial charge on any atom is 0.264 e. The van der Waals surface area contributed by atoms with Crippen LogP contribution in [0.15, 0.2) is 102 Å². The molecule has 0 spiro atoms. The number of amides is 1. The minimum atomic E-state index is -3.73. The quantitative estimate of drug-likeness (QED) is 0.309. The third kappa shape index (κ3) is 5.65. The van der Waals surface area contributed by atoms with Crippen molar-refractivity contribution in [2.24, 2.45) is 0 Å². The Bertz CT molecular complexity index is 1440. The molecular formula is C27H23ClN2O4S. The maximum absolute atomic E-state index is 12.9. The average molecular weight is 507 g/mol. The number of hydrogen-bond donors (Lipinski definition) is 1. The number of halogens is 1. The SMILES string of the molecule is Cc1ccc(S(=O)(=O)N(C)c2ccc(C(=O)Nc3cc(Cl)ccc3Oc3ccccc3)cc2)cc1. The van der Waals surface area contributed by atoms with E-state index in [0.29, 0.717) is 33.5 Å². The molecule has 0 aromatic heterocycles. The van der Waals surface area contributed by atoms with E-state index in [1.807, 2.05) is 25.1 Å². The molecule has 0 aliphatic heterocycles. The fraction of sp³-hybridized carbons (Fsp3) is 0.0741. The number of benzene rings is 4. The molecule has 0 bridgehead atoms. The summed E-state index contributed by atoms with van der Waals surface area (Å²) in [5.41, 5.74) is 2.16. The molecule has 6 nitrogen and oxygen atoms in total. The van der Waals surface area contributed by atoms with E-state index in [-0.39, 0.29) is 10.8 Å². The van der Waals surface area contributed by atoms with Gasteiger partial charge in [0.2, 0.25) is 0 Å². The van der Waals surface area contributed by atoms with Crippen LogP contribution in [0.25, 0.3) is 0 Å². The number of hydrogen-bond acceptors (Lipinski definition) is 4. The Kier molecular flexibility index (Phi) is 7.10. The first-order valence-corrected chi connectivity index (χ1v) is 12.6. The zero-order chi connectivity index (χ0) is 25.0. The molecule has 0 saturated heterocycles. The van der Waals surface area contributed by atoms with Gasteiger partial charge in [0.1, 0.15) is 5.75 Å². The van der Waals surface area contributed by atoms with Crippen molar-refractivity contribution in [2.45, 2.75) is 11.8 Å². The first-order valence-electron chi connectivity index (χ1n) is 10.7. The second-order valence-electron chi connectivity index (χ2n) is 7.84. The Balaban J connectivity index is 1.52. The molecule has 0 radical (unpaired) electrons. The Morgan fingerprint density at radius 3 is 2.20 bits per heavy atom. The van der Waals surface area contributed by atoms with Gasteiger partial charge in [0.25, 0.3) is 15.9 Å². The van der Waals surface area contributed by atoms with Gasteiger partial charge in [0.05, 0.1) is 16.3 Å². The van der Waals surface area contributed by atoms with E-state index < -0.39 is 10.0 Å². The Morgan fingerprint density at radius 2 is 1.54 bits per heavy atom. The van der Waals surface area contributed by atoms with Crippen LogP contribution in [-0.4, -0.2) is 21.4 Å². The third-order valence-corrected chi connectivity index (χ3v) is 7.37. The fourth-order valence-corrected chi connectivity index (χ4v) is 4.70. The minimum Gasteiger partial charge on any atom is -0.455 e. The zero-order valence-electron chi connectivity index (χ0n) is 19.1. The number of carbonyl (C=O) groups is 1. The first-order chi connectivity index (χ1) is 16.7. The van der Waals surface area contributed by atoms with E-state index in [1.165, 1.54) is 11.4 Å². The predicted molar refractivity (Wildman–Crippen MR) is 139 cm³/mol. The number of nitrogens with one attached hydrogen (secondary N) is 1. The van der Waals surface area contributed by atoms with Crippen LogP contribution in [0.3, 0.4) is 0 Å². The number of ether oxygens (including phenoxy) is 1. The van der Waals surface area contributed by atoms with Crippen molar-refractivity contribution >= 4 is 38.9 Å². The van der Waals surface area contributed by atoms with E-state index in [2.05, 4.69) is 5.32 Å². The molecule has 0 fully saturated rings. The number of sulfonamides is 1. The predicted octanol–water partition coefficient (Wildman–Crippen LogP) is 6.52. The Morgan fingerprint density at radius 1 is 0.886 bits per heavy atom. The van der Waals surface area contributed by atoms with Crippen molar-refractivity contribution < 1.29 is 17.9 Å². The summed E-state index contributed by atoms with van der Waals surface area (Å²) in [5, 5.41) is 3.26. The molecule has 0 aliphatic rings. The van der Waals surface area contributed by atoms with E-state index in [9.17, 15) is 13.2 Å². The minimum absolute atomic E-state index is 0.194. The van der Waals surface area contributed by atoms with Crippen molar-refractivity contribution in [3.8, 4) is 11.5 Å². The molecule has 0 atom stereocenters. The summed E-state index contributed by atoms with van der Waals surface area (Å²) in [6.07, 6.45) is 0. The smallest absolute Gasteiger partial charge is 0.264 e. The van der Waals surface area contributed by atoms with Crippen LogP contribution in [0.4, 0.5) is 11.4 Å². The molecule has 8 heteroatoms. The van der Waals surface area contributed by atoms with Crippen molar-refractivity contribution in [1.82, 2.24) is 0 Å². The highest BCUT2D eigenvalue weighted by Gasteiger charge is 2.21. The number of carbonyl (C=O) groups excluding carboxylic acids is 1. The summed E-state index contributed by atoms with van der Waals surface area (Å²) in [4.78, 5) is 13.1. The fourth-order valence-electron chi connectivity index (χ4n) is 3.33. The Hall–Kier alpha value is -3.81. The third-order valence-electron chi connectivity index (χ3n) is 5.33. The molecule has 0 unspecified atom stereocenters. The molecule has 1 amide bonds. The van der Waals surface area contributed by atoms with Crippen LogP contribution in [0.2, 0.25) is 5.02 Å². The van der Waals surface area contributed by atoms with E-state index >= 15 is 0 Å². The molecule has 0 saturated carbocycles. The van der Waals surface area contributed by atoms with Gasteiger partial charge in [-0.25, -0.2) is 8.42 Å². The lowest BCUT2D eigenvalue weighted by Gasteiger charge is -2.20. The van der Waals surface area contributed by atoms with Crippen LogP contribution < -0.4 is 14.4 Å². The number of rotatable bonds is 7. The van der Waals surface area contributed by atoms with Crippen molar-refractivity contribution in [1.29, 1.82) is 0 Å². The molecular weight excluding hydrogens is 484 g/mol. The lowest BCUT2D eigenvalue weighted by atomic mass is 10.2. The van der Waals surface area contributed by atoms with E-state index in [0.717, 1.165) is 5.56 Å². The summed E-state index contributed by atoms with van der Waals surface area (Å²) >= 11 is 6.14. The highest BCUT2D eigenvalue weighted by molar-refractivity contribution is 7.92. The van der Waals surface area contributed by atoms with Crippen LogP contribution in [-0.2, 0) is 10.0 Å². The van der Waals surface area contributed by atoms with E-state index in [4.69, 9.17) is 16.3 Å². The van der Waals surface area contributed by atoms with Gasteiger partial charge in [-0.1, -0.05) is 47.5 Å². The molecule has 178 valence electrons. The lowest BCUT2D eigenvalue weighted by molar-refractivity contribution is 0.102. The topological polar surface area (TPSA) is 75.7 Å². The molecule has 0 heterocycles. The summed E-state index contributed by atoms with van der Waals surface area (Å²) in [5.74, 6) is 0.669. The van der Waals surface area contributed by atoms with Crippen LogP contribution in [0, 0.1) is 6.92 Å². The van der Waals surface area contributed by atoms with Crippen molar-refractivity contribution in [3.63, 3.8) is 0 Å². The lowest BCUT2D eigenvalue weighted by Crippen LogP contribution is -2.26. The van der Waals surface area contributed by atoms with Gasteiger partial charge in [0, 0.05) is 17.6 Å². The number of para-hydroxylation sites is 1. The van der Waals surface area contributed by atoms with E-state index in [1.54, 1.807) is 78.9 Å². The maximum atomic E-state index is 12.9. The number of nitrogens with zero attached hydrogens (tertiary/aromatic N) is 1. The standard InChI is InChI=1S/C27H23ClN2O4S/c1-19-8-15-24(16-9-19)35(32,33)30(2)22-13-10-20(11-14-22)27(31)29-25-18-21(28)12-17-26(25)34-23-6-4-3-5-7-23/h3-18H,1-2H3,(H,29,31). The average Bonchev–Trinajstić information content (AvgIpc) is 2.86. The highest BCUT2D eigenvalue weighted by atomic mass is 35.5. The normalized spacial score (nSPS) is 11.1. The summed E-state index contributed by atoms with van der Waals surface area (Å²) in [6, 6.07) is 27.1. The number of aryl methyl sites for hydroxylation is 1. The largest absolute Gasteiger partial charge is 0.455 e. The van der Waals surface area contributed by atoms with Gasteiger partial charge in [0.15, 0.2) is 5.75 Å². The second kappa shape index (κ2) is 10.2. The summed E-state index contributed by atoms with van der Waals surface area (Å²) < 4.78 is 33.0. The van der Waals surface area contributed by atoms with Gasteiger partial charge in [-0.15, -0.1) is 0 Å². The van der Waals surface area contributed by atoms with Crippen molar-refractivity contribution in [3.05, 3.63) is 113 Å². The highest BCUT2D eigenvalue weighted by Crippen LogP contribution is 2.32. The van der Waals surface area contributed by atoms with Gasteiger partial charge in [-0.05, 0) is 73.7 Å². The monoisotopic (exact) mass is 506 g/mol. The first kappa shape index (κ1) is 24.3. The van der Waals surface area contributed by atoms with Gasteiger partial charge in [-0.2, -0.15) is 0 Å². The van der Waals surface area contributed by atoms with Crippen LogP contribution >= 0.6 is 11.6 Å². The zero-order valence-corrected chi connectivity index (χ0v) is 20.7. The molecule has 4 aromatic rings. The second-order valence-corrected chi connectivity index (χ2v) is 10.2. The number of anilines is 2. The van der Waals surface area contributed by atoms with Crippen LogP contribution in [0.5, 0.6) is 11.5 Å².